The third-order valence-corrected chi connectivity index (χ3v) is 4.05. The van der Waals surface area contributed by atoms with E-state index in [9.17, 15) is 16.8 Å². The van der Waals surface area contributed by atoms with Gasteiger partial charge in [0.2, 0.25) is 5.08 Å². The van der Waals surface area contributed by atoms with Gasteiger partial charge in [-0.25, -0.2) is 0 Å². The van der Waals surface area contributed by atoms with Crippen LogP contribution >= 0.6 is 0 Å². The van der Waals surface area contributed by atoms with E-state index in [1.807, 2.05) is 0 Å². The van der Waals surface area contributed by atoms with E-state index in [1.165, 1.54) is 24.3 Å². The maximum atomic E-state index is 11.1. The highest BCUT2D eigenvalue weighted by Gasteiger charge is 2.21. The first-order valence-electron chi connectivity index (χ1n) is 3.71. The Morgan fingerprint density at radius 3 is 2.07 bits per heavy atom. The van der Waals surface area contributed by atoms with Gasteiger partial charge in [0.1, 0.15) is 5.75 Å². The molecule has 0 bridgehead atoms. The molecule has 0 radical (unpaired) electrons. The summed E-state index contributed by atoms with van der Waals surface area (Å²) in [5.41, 5.74) is 0. The summed E-state index contributed by atoms with van der Waals surface area (Å²) in [5, 5.41) is -1.46. The van der Waals surface area contributed by atoms with Gasteiger partial charge in [-0.15, -0.1) is 0 Å². The molecule has 0 fully saturated rings. The Hall–Kier alpha value is -1.12. The third-order valence-electron chi connectivity index (χ3n) is 1.26. The van der Waals surface area contributed by atoms with E-state index in [1.54, 1.807) is 6.07 Å². The van der Waals surface area contributed by atoms with Gasteiger partial charge in [0.25, 0.3) is 10.1 Å². The van der Waals surface area contributed by atoms with Crippen molar-refractivity contribution in [2.45, 2.75) is 0 Å². The summed E-state index contributed by atoms with van der Waals surface area (Å²) in [7, 11) is -8.95. The molecule has 0 heterocycles. The minimum atomic E-state index is -4.61. The molecule has 0 aliphatic heterocycles. The highest BCUT2D eigenvalue weighted by atomic mass is 32.3. The van der Waals surface area contributed by atoms with Crippen molar-refractivity contribution in [3.8, 4) is 5.75 Å². The first kappa shape index (κ1) is 12.0. The van der Waals surface area contributed by atoms with Gasteiger partial charge in [0, 0.05) is 0 Å². The minimum Gasteiger partial charge on any atom is -0.382 e. The Morgan fingerprint density at radius 1 is 1.07 bits per heavy atom. The minimum absolute atomic E-state index is 0.0128. The van der Waals surface area contributed by atoms with Crippen LogP contribution in [0.5, 0.6) is 5.75 Å². The number of benzene rings is 1. The molecule has 15 heavy (non-hydrogen) atoms. The summed E-state index contributed by atoms with van der Waals surface area (Å²) >= 11 is 0. The molecule has 0 atom stereocenters. The maximum absolute atomic E-state index is 11.1. The van der Waals surface area contributed by atoms with Gasteiger partial charge in [-0.3, -0.25) is 4.55 Å². The standard InChI is InChI=1S/C7H8O6S2/c8-14(9,10)6-15(11,12)13-7-4-2-1-3-5-7/h1-5H,6H2,(H,8,9,10). The molecule has 0 aliphatic carbocycles. The molecule has 0 saturated heterocycles. The Kier molecular flexibility index (Phi) is 3.32. The number of rotatable bonds is 4. The molecule has 1 N–H and O–H groups in total. The average molecular weight is 252 g/mol. The van der Waals surface area contributed by atoms with Crippen LogP contribution in [0.4, 0.5) is 0 Å². The second kappa shape index (κ2) is 4.17. The summed E-state index contributed by atoms with van der Waals surface area (Å²) in [6, 6.07) is 7.39. The van der Waals surface area contributed by atoms with Crippen LogP contribution in [0, 0.1) is 0 Å². The molecule has 1 rings (SSSR count). The lowest BCUT2D eigenvalue weighted by molar-refractivity contribution is 0.473. The Bertz CT molecular complexity index is 516. The largest absolute Gasteiger partial charge is 0.382 e. The van der Waals surface area contributed by atoms with Gasteiger partial charge in [-0.05, 0) is 12.1 Å². The smallest absolute Gasteiger partial charge is 0.326 e. The average Bonchev–Trinajstić information content (AvgIpc) is 1.99. The van der Waals surface area contributed by atoms with Gasteiger partial charge in [-0.1, -0.05) is 18.2 Å². The molecule has 0 amide bonds. The predicted octanol–water partition coefficient (Wildman–Crippen LogP) is 0.240. The predicted molar refractivity (Wildman–Crippen MR) is 52.4 cm³/mol. The van der Waals surface area contributed by atoms with Crippen molar-refractivity contribution < 1.29 is 25.6 Å². The van der Waals surface area contributed by atoms with Crippen LogP contribution in [-0.4, -0.2) is 26.5 Å². The fraction of sp³-hybridized carbons (Fsp3) is 0.143. The molecule has 84 valence electrons. The van der Waals surface area contributed by atoms with E-state index in [0.29, 0.717) is 0 Å². The molecule has 6 nitrogen and oxygen atoms in total. The second-order valence-electron chi connectivity index (χ2n) is 2.65. The number of hydrogen-bond donors (Lipinski definition) is 1. The van der Waals surface area contributed by atoms with Crippen molar-refractivity contribution in [2.75, 3.05) is 5.08 Å². The molecule has 0 aliphatic rings. The van der Waals surface area contributed by atoms with Gasteiger partial charge in [0.05, 0.1) is 0 Å². The molecular weight excluding hydrogens is 244 g/mol. The van der Waals surface area contributed by atoms with Crippen molar-refractivity contribution in [3.05, 3.63) is 30.3 Å². The maximum Gasteiger partial charge on any atom is 0.326 e. The van der Waals surface area contributed by atoms with E-state index in [2.05, 4.69) is 4.18 Å². The highest BCUT2D eigenvalue weighted by molar-refractivity contribution is 8.03. The SMILES string of the molecule is O=S(=O)(O)CS(=O)(=O)Oc1ccccc1. The normalized spacial score (nSPS) is 12.3. The van der Waals surface area contributed by atoms with Crippen molar-refractivity contribution in [1.82, 2.24) is 0 Å². The van der Waals surface area contributed by atoms with Crippen LogP contribution in [-0.2, 0) is 20.2 Å². The van der Waals surface area contributed by atoms with E-state index >= 15 is 0 Å². The lowest BCUT2D eigenvalue weighted by atomic mass is 10.3. The summed E-state index contributed by atoms with van der Waals surface area (Å²) in [6.07, 6.45) is 0. The molecule has 0 saturated carbocycles. The summed E-state index contributed by atoms with van der Waals surface area (Å²) in [6.45, 7) is 0. The molecular formula is C7H8O6S2. The fourth-order valence-electron chi connectivity index (χ4n) is 0.829. The summed E-state index contributed by atoms with van der Waals surface area (Å²) in [4.78, 5) is 0. The van der Waals surface area contributed by atoms with Crippen LogP contribution in [0.3, 0.4) is 0 Å². The second-order valence-corrected chi connectivity index (χ2v) is 6.04. The van der Waals surface area contributed by atoms with E-state index < -0.39 is 25.3 Å². The van der Waals surface area contributed by atoms with E-state index in [4.69, 9.17) is 4.55 Å². The van der Waals surface area contributed by atoms with Gasteiger partial charge in [-0.2, -0.15) is 16.8 Å². The van der Waals surface area contributed by atoms with Crippen molar-refractivity contribution in [2.24, 2.45) is 0 Å². The van der Waals surface area contributed by atoms with E-state index in [0.717, 1.165) is 0 Å². The number of para-hydroxylation sites is 1. The van der Waals surface area contributed by atoms with Crippen LogP contribution < -0.4 is 4.18 Å². The molecule has 8 heteroatoms. The van der Waals surface area contributed by atoms with E-state index in [-0.39, 0.29) is 5.75 Å². The van der Waals surface area contributed by atoms with Crippen molar-refractivity contribution in [3.63, 3.8) is 0 Å². The molecule has 0 unspecified atom stereocenters. The zero-order valence-corrected chi connectivity index (χ0v) is 9.03. The van der Waals surface area contributed by atoms with Crippen LogP contribution in [0.15, 0.2) is 30.3 Å². The molecule has 0 aromatic heterocycles. The lowest BCUT2D eigenvalue weighted by Crippen LogP contribution is -2.20. The Labute approximate surface area is 87.4 Å². The number of hydrogen-bond acceptors (Lipinski definition) is 5. The topological polar surface area (TPSA) is 97.7 Å². The van der Waals surface area contributed by atoms with Crippen LogP contribution in [0.2, 0.25) is 0 Å². The van der Waals surface area contributed by atoms with Gasteiger partial charge >= 0.3 is 10.1 Å². The summed E-state index contributed by atoms with van der Waals surface area (Å²) in [5.74, 6) is -0.0128. The van der Waals surface area contributed by atoms with Gasteiger partial charge in [0.15, 0.2) is 0 Å². The zero-order chi connectivity index (χ0) is 11.5. The first-order chi connectivity index (χ1) is 6.79. The zero-order valence-electron chi connectivity index (χ0n) is 7.40. The molecule has 0 spiro atoms. The van der Waals surface area contributed by atoms with Crippen LogP contribution in [0.25, 0.3) is 0 Å². The van der Waals surface area contributed by atoms with Crippen molar-refractivity contribution >= 4 is 20.2 Å². The molecule has 1 aromatic carbocycles. The third kappa shape index (κ3) is 4.77. The lowest BCUT2D eigenvalue weighted by Gasteiger charge is -2.04. The highest BCUT2D eigenvalue weighted by Crippen LogP contribution is 2.12. The van der Waals surface area contributed by atoms with Crippen LogP contribution in [0.1, 0.15) is 0 Å². The van der Waals surface area contributed by atoms with Gasteiger partial charge < -0.3 is 4.18 Å². The first-order valence-corrected chi connectivity index (χ1v) is 6.89. The Morgan fingerprint density at radius 2 is 1.60 bits per heavy atom. The monoisotopic (exact) mass is 252 g/mol. The fourth-order valence-corrected chi connectivity index (χ4v) is 2.89. The Balaban J connectivity index is 2.83. The quantitative estimate of drug-likeness (QED) is 0.609. The van der Waals surface area contributed by atoms with Crippen molar-refractivity contribution in [1.29, 1.82) is 0 Å². The molecule has 1 aromatic rings. The summed E-state index contributed by atoms with van der Waals surface area (Å²) < 4.78 is 55.5.